The Bertz CT molecular complexity index is 574. The summed E-state index contributed by atoms with van der Waals surface area (Å²) in [7, 11) is 0. The Kier molecular flexibility index (Phi) is 3.02. The van der Waals surface area contributed by atoms with Crippen LogP contribution in [0.5, 0.6) is 11.6 Å². The number of para-hydroxylation sites is 1. The molecule has 1 aromatic carbocycles. The fourth-order valence-corrected chi connectivity index (χ4v) is 2.19. The number of halogens is 1. The van der Waals surface area contributed by atoms with Gasteiger partial charge in [-0.2, -0.15) is 0 Å². The van der Waals surface area contributed by atoms with Crippen molar-refractivity contribution in [2.24, 2.45) is 0 Å². The van der Waals surface area contributed by atoms with Gasteiger partial charge in [-0.25, -0.2) is 9.97 Å². The number of ether oxygens (including phenoxy) is 1. The van der Waals surface area contributed by atoms with E-state index in [1.54, 1.807) is 0 Å². The van der Waals surface area contributed by atoms with E-state index < -0.39 is 0 Å². The maximum Gasteiger partial charge on any atom is 0.241 e. The minimum Gasteiger partial charge on any atom is -0.435 e. The fourth-order valence-electron chi connectivity index (χ4n) is 2.04. The van der Waals surface area contributed by atoms with Crippen LogP contribution < -0.4 is 10.1 Å². The summed E-state index contributed by atoms with van der Waals surface area (Å²) in [6, 6.07) is 6.00. The Balaban J connectivity index is 1.96. The molecule has 0 atom stereocenters. The summed E-state index contributed by atoms with van der Waals surface area (Å²) < 4.78 is 5.76. The number of benzene rings is 1. The van der Waals surface area contributed by atoms with Crippen molar-refractivity contribution in [1.82, 2.24) is 9.97 Å². The van der Waals surface area contributed by atoms with E-state index in [4.69, 9.17) is 16.3 Å². The third-order valence-electron chi connectivity index (χ3n) is 2.88. The van der Waals surface area contributed by atoms with Crippen LogP contribution in [-0.4, -0.2) is 16.5 Å². The number of hydrogen-bond donors (Lipinski definition) is 1. The van der Waals surface area contributed by atoms with Gasteiger partial charge in [-0.15, -0.1) is 0 Å². The molecule has 0 saturated heterocycles. The summed E-state index contributed by atoms with van der Waals surface area (Å²) in [6.07, 6.45) is 5.15. The summed E-state index contributed by atoms with van der Waals surface area (Å²) in [4.78, 5) is 7.86. The van der Waals surface area contributed by atoms with Gasteiger partial charge in [0.1, 0.15) is 11.3 Å². The molecule has 0 amide bonds. The maximum atomic E-state index is 5.99. The molecule has 0 bridgehead atoms. The van der Waals surface area contributed by atoms with Crippen LogP contribution in [0.2, 0.25) is 5.02 Å². The Labute approximate surface area is 110 Å². The normalized spacial score (nSPS) is 13.6. The number of rotatable bonds is 2. The zero-order valence-electron chi connectivity index (χ0n) is 9.69. The quantitative estimate of drug-likeness (QED) is 0.901. The van der Waals surface area contributed by atoms with Gasteiger partial charge in [0.25, 0.3) is 0 Å². The second-order valence-corrected chi connectivity index (χ2v) is 4.51. The van der Waals surface area contributed by atoms with Gasteiger partial charge in [-0.3, -0.25) is 0 Å². The molecule has 0 unspecified atom stereocenters. The van der Waals surface area contributed by atoms with Crippen molar-refractivity contribution in [3.63, 3.8) is 0 Å². The second kappa shape index (κ2) is 4.82. The van der Waals surface area contributed by atoms with E-state index in [0.717, 1.165) is 30.8 Å². The Morgan fingerprint density at radius 3 is 3.17 bits per heavy atom. The highest BCUT2D eigenvalue weighted by atomic mass is 35.5. The predicted molar refractivity (Wildman–Crippen MR) is 70.4 cm³/mol. The lowest BCUT2D eigenvalue weighted by molar-refractivity contribution is 0.462. The number of nitrogens with zero attached hydrogens (tertiary/aromatic N) is 2. The van der Waals surface area contributed by atoms with Crippen molar-refractivity contribution >= 4 is 17.3 Å². The van der Waals surface area contributed by atoms with Gasteiger partial charge < -0.3 is 10.1 Å². The lowest BCUT2D eigenvalue weighted by Crippen LogP contribution is -2.12. The first kappa shape index (κ1) is 11.3. The molecule has 2 heterocycles. The third-order valence-corrected chi connectivity index (χ3v) is 3.14. The molecule has 1 aliphatic rings. The monoisotopic (exact) mass is 261 g/mol. The van der Waals surface area contributed by atoms with Crippen molar-refractivity contribution < 1.29 is 4.74 Å². The Hall–Kier alpha value is -1.81. The topological polar surface area (TPSA) is 47.0 Å². The molecule has 1 aliphatic heterocycles. The van der Waals surface area contributed by atoms with E-state index >= 15 is 0 Å². The first-order chi connectivity index (χ1) is 8.84. The van der Waals surface area contributed by atoms with E-state index in [2.05, 4.69) is 21.4 Å². The number of hydrogen-bond acceptors (Lipinski definition) is 4. The molecule has 4 nitrogen and oxygen atoms in total. The van der Waals surface area contributed by atoms with Gasteiger partial charge in [-0.05, 0) is 24.5 Å². The second-order valence-electron chi connectivity index (χ2n) is 4.10. The average molecular weight is 262 g/mol. The number of nitrogens with one attached hydrogen (secondary N) is 1. The van der Waals surface area contributed by atoms with Crippen molar-refractivity contribution in [1.29, 1.82) is 0 Å². The van der Waals surface area contributed by atoms with Crippen LogP contribution in [-0.2, 0) is 6.42 Å². The SMILES string of the molecule is Clc1cncnc1Oc1cccc2c1NCCC2. The zero-order chi connectivity index (χ0) is 12.4. The molecule has 0 fully saturated rings. The molecule has 2 aromatic rings. The van der Waals surface area contributed by atoms with Crippen LogP contribution in [0.4, 0.5) is 5.69 Å². The predicted octanol–water partition coefficient (Wildman–Crippen LogP) is 3.28. The molecule has 0 saturated carbocycles. The standard InChI is InChI=1S/C13H12ClN3O/c14-10-7-15-8-17-13(10)18-11-5-1-3-9-4-2-6-16-12(9)11/h1,3,5,7-8,16H,2,4,6H2. The molecule has 92 valence electrons. The molecular weight excluding hydrogens is 250 g/mol. The van der Waals surface area contributed by atoms with E-state index in [1.807, 2.05) is 12.1 Å². The molecule has 18 heavy (non-hydrogen) atoms. The fraction of sp³-hybridized carbons (Fsp3) is 0.231. The summed E-state index contributed by atoms with van der Waals surface area (Å²) in [5, 5.41) is 3.77. The van der Waals surface area contributed by atoms with Crippen LogP contribution in [0.1, 0.15) is 12.0 Å². The number of aryl methyl sites for hydroxylation is 1. The van der Waals surface area contributed by atoms with Crippen LogP contribution in [0.3, 0.4) is 0 Å². The van der Waals surface area contributed by atoms with E-state index in [9.17, 15) is 0 Å². The van der Waals surface area contributed by atoms with Gasteiger partial charge in [0.15, 0.2) is 5.75 Å². The van der Waals surface area contributed by atoms with Crippen molar-refractivity contribution in [3.8, 4) is 11.6 Å². The highest BCUT2D eigenvalue weighted by Crippen LogP contribution is 2.36. The number of fused-ring (bicyclic) bond motifs is 1. The van der Waals surface area contributed by atoms with Crippen molar-refractivity contribution in [2.45, 2.75) is 12.8 Å². The molecule has 0 aliphatic carbocycles. The highest BCUT2D eigenvalue weighted by Gasteiger charge is 2.15. The number of aromatic nitrogens is 2. The minimum absolute atomic E-state index is 0.382. The third kappa shape index (κ3) is 2.11. The van der Waals surface area contributed by atoms with Crippen molar-refractivity contribution in [3.05, 3.63) is 41.3 Å². The van der Waals surface area contributed by atoms with Crippen molar-refractivity contribution in [2.75, 3.05) is 11.9 Å². The molecule has 1 N–H and O–H groups in total. The zero-order valence-corrected chi connectivity index (χ0v) is 10.4. The minimum atomic E-state index is 0.382. The summed E-state index contributed by atoms with van der Waals surface area (Å²) in [5.74, 6) is 1.14. The summed E-state index contributed by atoms with van der Waals surface area (Å²) in [5.41, 5.74) is 2.31. The van der Waals surface area contributed by atoms with E-state index in [1.165, 1.54) is 18.1 Å². The lowest BCUT2D eigenvalue weighted by Gasteiger charge is -2.20. The average Bonchev–Trinajstić information content (AvgIpc) is 2.42. The molecule has 5 heteroatoms. The van der Waals surface area contributed by atoms with Crippen LogP contribution in [0, 0.1) is 0 Å². The maximum absolute atomic E-state index is 5.99. The van der Waals surface area contributed by atoms with Gasteiger partial charge >= 0.3 is 0 Å². The molecule has 3 rings (SSSR count). The molecular formula is C13H12ClN3O. The number of anilines is 1. The van der Waals surface area contributed by atoms with Gasteiger partial charge in [0.05, 0.1) is 11.9 Å². The largest absolute Gasteiger partial charge is 0.435 e. The molecule has 1 aromatic heterocycles. The van der Waals surface area contributed by atoms with Crippen LogP contribution in [0.25, 0.3) is 0 Å². The summed E-state index contributed by atoms with van der Waals surface area (Å²) >= 11 is 5.99. The van der Waals surface area contributed by atoms with Crippen LogP contribution >= 0.6 is 11.6 Å². The van der Waals surface area contributed by atoms with Gasteiger partial charge in [-0.1, -0.05) is 23.7 Å². The smallest absolute Gasteiger partial charge is 0.241 e. The van der Waals surface area contributed by atoms with Gasteiger partial charge in [0.2, 0.25) is 5.88 Å². The highest BCUT2D eigenvalue weighted by molar-refractivity contribution is 6.31. The molecule has 0 spiro atoms. The van der Waals surface area contributed by atoms with Crippen LogP contribution in [0.15, 0.2) is 30.7 Å². The van der Waals surface area contributed by atoms with Gasteiger partial charge in [0, 0.05) is 6.54 Å². The van der Waals surface area contributed by atoms with E-state index in [-0.39, 0.29) is 0 Å². The molecule has 0 radical (unpaired) electrons. The first-order valence-electron chi connectivity index (χ1n) is 5.84. The van der Waals surface area contributed by atoms with E-state index in [0.29, 0.717) is 10.9 Å². The summed E-state index contributed by atoms with van der Waals surface area (Å²) in [6.45, 7) is 0.963. The lowest BCUT2D eigenvalue weighted by atomic mass is 10.0. The Morgan fingerprint density at radius 2 is 2.28 bits per heavy atom. The first-order valence-corrected chi connectivity index (χ1v) is 6.21. The Morgan fingerprint density at radius 1 is 1.33 bits per heavy atom.